The van der Waals surface area contributed by atoms with E-state index in [4.69, 9.17) is 0 Å². The molecular formula is C17H13FS2. The molecule has 0 aliphatic carbocycles. The Morgan fingerprint density at radius 1 is 0.800 bits per heavy atom. The van der Waals surface area contributed by atoms with Crippen molar-refractivity contribution < 1.29 is 4.39 Å². The zero-order valence-corrected chi connectivity index (χ0v) is 12.6. The van der Waals surface area contributed by atoms with Crippen LogP contribution in [0.3, 0.4) is 0 Å². The molecule has 0 unspecified atom stereocenters. The molecule has 20 heavy (non-hydrogen) atoms. The average molecular weight is 300 g/mol. The molecule has 100 valence electrons. The third-order valence-electron chi connectivity index (χ3n) is 3.22. The van der Waals surface area contributed by atoms with Crippen molar-refractivity contribution in [1.82, 2.24) is 0 Å². The van der Waals surface area contributed by atoms with Crippen LogP contribution >= 0.6 is 23.1 Å². The van der Waals surface area contributed by atoms with Gasteiger partial charge in [-0.25, -0.2) is 4.39 Å². The van der Waals surface area contributed by atoms with Gasteiger partial charge in [0.05, 0.1) is 0 Å². The van der Waals surface area contributed by atoms with Gasteiger partial charge in [0.2, 0.25) is 0 Å². The second-order valence-corrected chi connectivity index (χ2v) is 6.06. The molecule has 0 atom stereocenters. The number of thiophene rings is 1. The average Bonchev–Trinajstić information content (AvgIpc) is 2.97. The monoisotopic (exact) mass is 300 g/mol. The SMILES string of the molecule is CSc1ccc(-c2cscc2-c2ccc(F)cc2)cc1. The van der Waals surface area contributed by atoms with Crippen LogP contribution in [0.25, 0.3) is 22.3 Å². The van der Waals surface area contributed by atoms with Crippen LogP contribution in [-0.2, 0) is 0 Å². The maximum absolute atomic E-state index is 13.0. The molecule has 0 fully saturated rings. The largest absolute Gasteiger partial charge is 0.207 e. The van der Waals surface area contributed by atoms with E-state index < -0.39 is 0 Å². The van der Waals surface area contributed by atoms with Crippen molar-refractivity contribution >= 4 is 23.1 Å². The summed E-state index contributed by atoms with van der Waals surface area (Å²) in [6.07, 6.45) is 2.07. The minimum atomic E-state index is -0.199. The lowest BCUT2D eigenvalue weighted by Gasteiger charge is -2.06. The molecule has 0 amide bonds. The predicted octanol–water partition coefficient (Wildman–Crippen LogP) is 5.94. The number of thioether (sulfide) groups is 1. The van der Waals surface area contributed by atoms with E-state index in [1.54, 1.807) is 23.1 Å². The van der Waals surface area contributed by atoms with Gasteiger partial charge in [-0.1, -0.05) is 24.3 Å². The molecule has 0 saturated carbocycles. The maximum atomic E-state index is 13.0. The highest BCUT2D eigenvalue weighted by Crippen LogP contribution is 2.35. The molecule has 1 heterocycles. The first-order chi connectivity index (χ1) is 9.78. The van der Waals surface area contributed by atoms with Crippen LogP contribution in [0.15, 0.2) is 64.2 Å². The third-order valence-corrected chi connectivity index (χ3v) is 4.71. The predicted molar refractivity (Wildman–Crippen MR) is 86.9 cm³/mol. The maximum Gasteiger partial charge on any atom is 0.123 e. The summed E-state index contributed by atoms with van der Waals surface area (Å²) >= 11 is 3.41. The van der Waals surface area contributed by atoms with Gasteiger partial charge in [-0.3, -0.25) is 0 Å². The van der Waals surface area contributed by atoms with Crippen molar-refractivity contribution in [2.24, 2.45) is 0 Å². The molecule has 0 bridgehead atoms. The standard InChI is InChI=1S/C17H13FS2/c1-19-15-8-4-13(5-9-15)17-11-20-10-16(17)12-2-6-14(18)7-3-12/h2-11H,1H3. The van der Waals surface area contributed by atoms with Gasteiger partial charge in [0.1, 0.15) is 5.82 Å². The quantitative estimate of drug-likeness (QED) is 0.539. The Morgan fingerprint density at radius 3 is 1.80 bits per heavy atom. The first kappa shape index (κ1) is 13.4. The van der Waals surface area contributed by atoms with Gasteiger partial charge in [0.25, 0.3) is 0 Å². The Hall–Kier alpha value is -1.58. The second kappa shape index (κ2) is 5.81. The highest BCUT2D eigenvalue weighted by molar-refractivity contribution is 7.98. The van der Waals surface area contributed by atoms with Crippen LogP contribution in [0.1, 0.15) is 0 Å². The highest BCUT2D eigenvalue weighted by Gasteiger charge is 2.08. The van der Waals surface area contributed by atoms with Gasteiger partial charge in [-0.05, 0) is 52.4 Å². The Kier molecular flexibility index (Phi) is 3.90. The third kappa shape index (κ3) is 2.65. The van der Waals surface area contributed by atoms with Crippen molar-refractivity contribution in [1.29, 1.82) is 0 Å². The fourth-order valence-electron chi connectivity index (χ4n) is 2.14. The summed E-state index contributed by atoms with van der Waals surface area (Å²) in [5.41, 5.74) is 4.61. The van der Waals surface area contributed by atoms with Gasteiger partial charge >= 0.3 is 0 Å². The topological polar surface area (TPSA) is 0 Å². The Balaban J connectivity index is 2.02. The first-order valence-electron chi connectivity index (χ1n) is 6.24. The lowest BCUT2D eigenvalue weighted by Crippen LogP contribution is -1.81. The fourth-order valence-corrected chi connectivity index (χ4v) is 3.42. The van der Waals surface area contributed by atoms with Crippen LogP contribution in [-0.4, -0.2) is 6.26 Å². The van der Waals surface area contributed by atoms with E-state index >= 15 is 0 Å². The van der Waals surface area contributed by atoms with E-state index in [1.807, 2.05) is 12.1 Å². The number of hydrogen-bond acceptors (Lipinski definition) is 2. The van der Waals surface area contributed by atoms with E-state index in [0.717, 1.165) is 11.1 Å². The minimum absolute atomic E-state index is 0.199. The van der Waals surface area contributed by atoms with Crippen molar-refractivity contribution in [3.8, 4) is 22.3 Å². The van der Waals surface area contributed by atoms with Crippen LogP contribution in [0, 0.1) is 5.82 Å². The van der Waals surface area contributed by atoms with Gasteiger partial charge in [-0.15, -0.1) is 11.8 Å². The summed E-state index contributed by atoms with van der Waals surface area (Å²) < 4.78 is 13.0. The van der Waals surface area contributed by atoms with Gasteiger partial charge < -0.3 is 0 Å². The molecule has 1 aromatic heterocycles. The molecule has 3 aromatic rings. The first-order valence-corrected chi connectivity index (χ1v) is 8.41. The molecule has 0 radical (unpaired) electrons. The van der Waals surface area contributed by atoms with E-state index in [2.05, 4.69) is 41.3 Å². The van der Waals surface area contributed by atoms with E-state index in [0.29, 0.717) is 0 Å². The molecule has 3 heteroatoms. The van der Waals surface area contributed by atoms with E-state index in [1.165, 1.54) is 28.2 Å². The van der Waals surface area contributed by atoms with Crippen LogP contribution < -0.4 is 0 Å². The highest BCUT2D eigenvalue weighted by atomic mass is 32.2. The number of benzene rings is 2. The summed E-state index contributed by atoms with van der Waals surface area (Å²) in [6, 6.07) is 15.2. The van der Waals surface area contributed by atoms with Gasteiger partial charge in [0.15, 0.2) is 0 Å². The number of halogens is 1. The van der Waals surface area contributed by atoms with Crippen molar-refractivity contribution in [2.75, 3.05) is 6.26 Å². The van der Waals surface area contributed by atoms with Gasteiger partial charge in [0, 0.05) is 16.0 Å². The van der Waals surface area contributed by atoms with Crippen LogP contribution in [0.4, 0.5) is 4.39 Å². The van der Waals surface area contributed by atoms with Crippen LogP contribution in [0.2, 0.25) is 0 Å². The molecular weight excluding hydrogens is 287 g/mol. The molecule has 3 rings (SSSR count). The molecule has 0 N–H and O–H groups in total. The zero-order chi connectivity index (χ0) is 13.9. The molecule has 0 aliphatic heterocycles. The fraction of sp³-hybridized carbons (Fsp3) is 0.0588. The smallest absolute Gasteiger partial charge is 0.123 e. The molecule has 0 spiro atoms. The summed E-state index contributed by atoms with van der Waals surface area (Å²) in [7, 11) is 0. The summed E-state index contributed by atoms with van der Waals surface area (Å²) in [5, 5.41) is 4.26. The zero-order valence-electron chi connectivity index (χ0n) is 11.0. The van der Waals surface area contributed by atoms with Crippen LogP contribution in [0.5, 0.6) is 0 Å². The Morgan fingerprint density at radius 2 is 1.30 bits per heavy atom. The number of rotatable bonds is 3. The number of hydrogen-bond donors (Lipinski definition) is 0. The molecule has 0 nitrogen and oxygen atoms in total. The Labute approximate surface area is 126 Å². The van der Waals surface area contributed by atoms with Crippen molar-refractivity contribution in [3.63, 3.8) is 0 Å². The summed E-state index contributed by atoms with van der Waals surface area (Å²) in [4.78, 5) is 1.26. The second-order valence-electron chi connectivity index (χ2n) is 4.43. The molecule has 2 aromatic carbocycles. The lowest BCUT2D eigenvalue weighted by molar-refractivity contribution is 0.628. The summed E-state index contributed by atoms with van der Waals surface area (Å²) in [5.74, 6) is -0.199. The van der Waals surface area contributed by atoms with Crippen molar-refractivity contribution in [2.45, 2.75) is 4.90 Å². The molecule has 0 saturated heterocycles. The van der Waals surface area contributed by atoms with Crippen molar-refractivity contribution in [3.05, 3.63) is 65.1 Å². The lowest BCUT2D eigenvalue weighted by atomic mass is 9.99. The minimum Gasteiger partial charge on any atom is -0.207 e. The summed E-state index contributed by atoms with van der Waals surface area (Å²) in [6.45, 7) is 0. The molecule has 0 aliphatic rings. The normalized spacial score (nSPS) is 10.7. The Bertz CT molecular complexity index is 697. The van der Waals surface area contributed by atoms with E-state index in [-0.39, 0.29) is 5.82 Å². The van der Waals surface area contributed by atoms with Gasteiger partial charge in [-0.2, -0.15) is 11.3 Å². The van der Waals surface area contributed by atoms with E-state index in [9.17, 15) is 4.39 Å².